The largest absolute Gasteiger partial charge is 0.356 e. The second kappa shape index (κ2) is 9.36. The number of benzene rings is 1. The lowest BCUT2D eigenvalue weighted by molar-refractivity contribution is 0.238. The lowest BCUT2D eigenvalue weighted by atomic mass is 10.1. The number of rotatable bonds is 7. The molecule has 0 saturated carbocycles. The van der Waals surface area contributed by atoms with E-state index in [0.29, 0.717) is 12.1 Å². The SMILES string of the molecule is CN=C(NCCC(C)N(C)Cc1ccccc1)NC1CC=CC1. The highest BCUT2D eigenvalue weighted by Gasteiger charge is 2.13. The van der Waals surface area contributed by atoms with E-state index in [9.17, 15) is 0 Å². The molecule has 1 aromatic rings. The normalized spacial score (nSPS) is 16.8. The summed E-state index contributed by atoms with van der Waals surface area (Å²) in [6.45, 7) is 4.20. The molecule has 1 aliphatic carbocycles. The summed E-state index contributed by atoms with van der Waals surface area (Å²) in [6, 6.07) is 11.7. The molecule has 126 valence electrons. The molecule has 0 fully saturated rings. The maximum absolute atomic E-state index is 4.31. The van der Waals surface area contributed by atoms with Crippen LogP contribution < -0.4 is 10.6 Å². The Labute approximate surface area is 140 Å². The molecule has 0 spiro atoms. The summed E-state index contributed by atoms with van der Waals surface area (Å²) >= 11 is 0. The van der Waals surface area contributed by atoms with Gasteiger partial charge in [0.05, 0.1) is 0 Å². The predicted octanol–water partition coefficient (Wildman–Crippen LogP) is 2.78. The van der Waals surface area contributed by atoms with Crippen LogP contribution in [0.25, 0.3) is 0 Å². The topological polar surface area (TPSA) is 39.7 Å². The van der Waals surface area contributed by atoms with Gasteiger partial charge >= 0.3 is 0 Å². The molecule has 4 nitrogen and oxygen atoms in total. The number of hydrogen-bond acceptors (Lipinski definition) is 2. The van der Waals surface area contributed by atoms with Crippen molar-refractivity contribution in [3.05, 3.63) is 48.0 Å². The Morgan fingerprint density at radius 2 is 1.96 bits per heavy atom. The van der Waals surface area contributed by atoms with Crippen LogP contribution in [-0.2, 0) is 6.54 Å². The van der Waals surface area contributed by atoms with Gasteiger partial charge in [0.2, 0.25) is 0 Å². The summed E-state index contributed by atoms with van der Waals surface area (Å²) in [5.74, 6) is 0.914. The number of nitrogens with zero attached hydrogens (tertiary/aromatic N) is 2. The molecule has 23 heavy (non-hydrogen) atoms. The number of hydrogen-bond donors (Lipinski definition) is 2. The minimum Gasteiger partial charge on any atom is -0.356 e. The molecule has 2 N–H and O–H groups in total. The van der Waals surface area contributed by atoms with Crippen LogP contribution in [0.1, 0.15) is 31.7 Å². The van der Waals surface area contributed by atoms with Crippen LogP contribution in [0.4, 0.5) is 0 Å². The molecular formula is C19H30N4. The van der Waals surface area contributed by atoms with Gasteiger partial charge in [0, 0.05) is 32.2 Å². The van der Waals surface area contributed by atoms with Crippen molar-refractivity contribution < 1.29 is 0 Å². The van der Waals surface area contributed by atoms with Crippen LogP contribution in [0.3, 0.4) is 0 Å². The lowest BCUT2D eigenvalue weighted by Gasteiger charge is -2.25. The Hall–Kier alpha value is -1.81. The van der Waals surface area contributed by atoms with Crippen LogP contribution in [0.2, 0.25) is 0 Å². The zero-order valence-electron chi connectivity index (χ0n) is 14.6. The molecular weight excluding hydrogens is 284 g/mol. The van der Waals surface area contributed by atoms with Crippen molar-refractivity contribution in [3.63, 3.8) is 0 Å². The molecule has 0 bridgehead atoms. The van der Waals surface area contributed by atoms with E-state index in [1.807, 2.05) is 7.05 Å². The Bertz CT molecular complexity index is 501. The Morgan fingerprint density at radius 3 is 2.61 bits per heavy atom. The van der Waals surface area contributed by atoms with Gasteiger partial charge in [-0.15, -0.1) is 0 Å². The quantitative estimate of drug-likeness (QED) is 0.462. The van der Waals surface area contributed by atoms with Crippen molar-refractivity contribution in [3.8, 4) is 0 Å². The molecule has 4 heteroatoms. The minimum absolute atomic E-state index is 0.499. The van der Waals surface area contributed by atoms with E-state index < -0.39 is 0 Å². The van der Waals surface area contributed by atoms with Gasteiger partial charge in [0.25, 0.3) is 0 Å². The zero-order chi connectivity index (χ0) is 16.5. The standard InChI is InChI=1S/C19H30N4/c1-16(23(3)15-17-9-5-4-6-10-17)13-14-21-19(20-2)22-18-11-7-8-12-18/h4-10,16,18H,11-15H2,1-3H3,(H2,20,21,22). The van der Waals surface area contributed by atoms with E-state index in [0.717, 1.165) is 38.3 Å². The summed E-state index contributed by atoms with van der Waals surface area (Å²) in [5.41, 5.74) is 1.36. The minimum atomic E-state index is 0.499. The summed E-state index contributed by atoms with van der Waals surface area (Å²) in [4.78, 5) is 6.71. The van der Waals surface area contributed by atoms with Crippen molar-refractivity contribution in [2.45, 2.75) is 44.8 Å². The number of guanidine groups is 1. The first kappa shape index (κ1) is 17.5. The van der Waals surface area contributed by atoms with E-state index in [1.165, 1.54) is 5.56 Å². The fraction of sp³-hybridized carbons (Fsp3) is 0.526. The third kappa shape index (κ3) is 6.06. The monoisotopic (exact) mass is 314 g/mol. The van der Waals surface area contributed by atoms with Crippen LogP contribution in [0.15, 0.2) is 47.5 Å². The maximum atomic E-state index is 4.31. The second-order valence-corrected chi connectivity index (χ2v) is 6.32. The smallest absolute Gasteiger partial charge is 0.191 e. The van der Waals surface area contributed by atoms with E-state index in [4.69, 9.17) is 0 Å². The molecule has 1 atom stereocenters. The first-order valence-electron chi connectivity index (χ1n) is 8.55. The van der Waals surface area contributed by atoms with Crippen molar-refractivity contribution in [2.75, 3.05) is 20.6 Å². The van der Waals surface area contributed by atoms with E-state index in [1.54, 1.807) is 0 Å². The first-order valence-corrected chi connectivity index (χ1v) is 8.55. The van der Waals surface area contributed by atoms with Crippen molar-refractivity contribution >= 4 is 5.96 Å². The highest BCUT2D eigenvalue weighted by Crippen LogP contribution is 2.09. The third-order valence-corrected chi connectivity index (χ3v) is 4.45. The highest BCUT2D eigenvalue weighted by molar-refractivity contribution is 5.80. The van der Waals surface area contributed by atoms with Crippen LogP contribution >= 0.6 is 0 Å². The van der Waals surface area contributed by atoms with Crippen molar-refractivity contribution in [1.29, 1.82) is 0 Å². The molecule has 1 aromatic carbocycles. The summed E-state index contributed by atoms with van der Waals surface area (Å²) in [7, 11) is 4.03. The molecule has 0 heterocycles. The van der Waals surface area contributed by atoms with Crippen LogP contribution in [0.5, 0.6) is 0 Å². The molecule has 0 amide bonds. The van der Waals surface area contributed by atoms with Crippen LogP contribution in [0, 0.1) is 0 Å². The third-order valence-electron chi connectivity index (χ3n) is 4.45. The summed E-state index contributed by atoms with van der Waals surface area (Å²) < 4.78 is 0. The molecule has 0 saturated heterocycles. The van der Waals surface area contributed by atoms with E-state index in [-0.39, 0.29) is 0 Å². The Kier molecular flexibility index (Phi) is 7.14. The molecule has 0 radical (unpaired) electrons. The summed E-state index contributed by atoms with van der Waals surface area (Å²) in [5, 5.41) is 6.90. The van der Waals surface area contributed by atoms with Gasteiger partial charge in [0.1, 0.15) is 0 Å². The van der Waals surface area contributed by atoms with Gasteiger partial charge in [0.15, 0.2) is 5.96 Å². The Balaban J connectivity index is 1.67. The number of nitrogens with one attached hydrogen (secondary N) is 2. The van der Waals surface area contributed by atoms with E-state index in [2.05, 4.69) is 77.0 Å². The summed E-state index contributed by atoms with van der Waals surface area (Å²) in [6.07, 6.45) is 7.73. The first-order chi connectivity index (χ1) is 11.2. The van der Waals surface area contributed by atoms with Crippen molar-refractivity contribution in [2.24, 2.45) is 4.99 Å². The Morgan fingerprint density at radius 1 is 1.26 bits per heavy atom. The maximum Gasteiger partial charge on any atom is 0.191 e. The molecule has 1 aliphatic rings. The van der Waals surface area contributed by atoms with Gasteiger partial charge < -0.3 is 10.6 Å². The fourth-order valence-corrected chi connectivity index (χ4v) is 2.77. The van der Waals surface area contributed by atoms with Gasteiger partial charge in [-0.25, -0.2) is 0 Å². The molecule has 0 aromatic heterocycles. The average Bonchev–Trinajstić information content (AvgIpc) is 3.07. The lowest BCUT2D eigenvalue weighted by Crippen LogP contribution is -2.43. The average molecular weight is 314 g/mol. The fourth-order valence-electron chi connectivity index (χ4n) is 2.77. The van der Waals surface area contributed by atoms with Gasteiger partial charge in [-0.2, -0.15) is 0 Å². The molecule has 0 aliphatic heterocycles. The van der Waals surface area contributed by atoms with Crippen LogP contribution in [-0.4, -0.2) is 43.6 Å². The van der Waals surface area contributed by atoms with E-state index >= 15 is 0 Å². The molecule has 2 rings (SSSR count). The van der Waals surface area contributed by atoms with Gasteiger partial charge in [-0.05, 0) is 38.8 Å². The molecule has 1 unspecified atom stereocenters. The second-order valence-electron chi connectivity index (χ2n) is 6.32. The van der Waals surface area contributed by atoms with Gasteiger partial charge in [-0.3, -0.25) is 9.89 Å². The predicted molar refractivity (Wildman–Crippen MR) is 98.6 cm³/mol. The number of aliphatic imine (C=N–C) groups is 1. The highest BCUT2D eigenvalue weighted by atomic mass is 15.2. The zero-order valence-corrected chi connectivity index (χ0v) is 14.6. The van der Waals surface area contributed by atoms with Crippen molar-refractivity contribution in [1.82, 2.24) is 15.5 Å². The van der Waals surface area contributed by atoms with Gasteiger partial charge in [-0.1, -0.05) is 42.5 Å².